The van der Waals surface area contributed by atoms with Crippen molar-refractivity contribution in [2.24, 2.45) is 0 Å². The quantitative estimate of drug-likeness (QED) is 0.312. The van der Waals surface area contributed by atoms with Crippen LogP contribution in [0.4, 0.5) is 0 Å². The van der Waals surface area contributed by atoms with Crippen LogP contribution in [0.2, 0.25) is 0 Å². The molecule has 1 amide bonds. The topological polar surface area (TPSA) is 69.6 Å². The van der Waals surface area contributed by atoms with Gasteiger partial charge in [-0.3, -0.25) is 4.79 Å². The number of rotatable bonds is 17. The SMILES string of the molecule is CCCCN(CCCC)CCCc1ccc(C(=O)N[C@@H](CCSC)C(=O)O)c(-c2ccccc2C)c1.[H-].[Li+]. The average molecular weight is 521 g/mol. The van der Waals surface area contributed by atoms with Crippen molar-refractivity contribution in [2.75, 3.05) is 31.6 Å². The van der Waals surface area contributed by atoms with Crippen molar-refractivity contribution in [3.8, 4) is 11.1 Å². The molecule has 37 heavy (non-hydrogen) atoms. The maximum absolute atomic E-state index is 13.3. The predicted molar refractivity (Wildman–Crippen MR) is 154 cm³/mol. The van der Waals surface area contributed by atoms with Gasteiger partial charge in [0.15, 0.2) is 0 Å². The van der Waals surface area contributed by atoms with Gasteiger partial charge < -0.3 is 16.7 Å². The number of carboxylic acids is 1. The summed E-state index contributed by atoms with van der Waals surface area (Å²) in [6.45, 7) is 9.92. The molecule has 0 bridgehead atoms. The molecule has 2 aromatic carbocycles. The van der Waals surface area contributed by atoms with Crippen molar-refractivity contribution in [2.45, 2.75) is 71.8 Å². The van der Waals surface area contributed by atoms with E-state index >= 15 is 0 Å². The predicted octanol–water partition coefficient (Wildman–Crippen LogP) is 3.55. The Bertz CT molecular complexity index is 968. The van der Waals surface area contributed by atoms with Gasteiger partial charge >= 0.3 is 24.8 Å². The first-order chi connectivity index (χ1) is 17.4. The number of aliphatic carboxylic acids is 1. The largest absolute Gasteiger partial charge is 1.00 e. The number of thioether (sulfide) groups is 1. The van der Waals surface area contributed by atoms with Crippen LogP contribution in [0.5, 0.6) is 0 Å². The number of amides is 1. The van der Waals surface area contributed by atoms with Crippen molar-refractivity contribution in [3.63, 3.8) is 0 Å². The number of nitrogens with zero attached hydrogens (tertiary/aromatic N) is 1. The molecule has 0 aromatic heterocycles. The summed E-state index contributed by atoms with van der Waals surface area (Å²) in [5.41, 5.74) is 4.69. The number of unbranched alkanes of at least 4 members (excludes halogenated alkanes) is 2. The third kappa shape index (κ3) is 11.3. The Labute approximate surface area is 241 Å². The zero-order valence-corrected chi connectivity index (χ0v) is 24.3. The molecule has 0 radical (unpaired) electrons. The molecular formula is C30H45LiN2O3S. The number of benzene rings is 2. The summed E-state index contributed by atoms with van der Waals surface area (Å²) in [6.07, 6.45) is 9.24. The molecule has 2 rings (SSSR count). The summed E-state index contributed by atoms with van der Waals surface area (Å²) >= 11 is 1.57. The van der Waals surface area contributed by atoms with Gasteiger partial charge in [-0.2, -0.15) is 11.8 Å². The van der Waals surface area contributed by atoms with Crippen LogP contribution in [-0.2, 0) is 11.2 Å². The van der Waals surface area contributed by atoms with E-state index in [9.17, 15) is 14.7 Å². The van der Waals surface area contributed by atoms with Crippen LogP contribution >= 0.6 is 11.8 Å². The fraction of sp³-hybridized carbons (Fsp3) is 0.533. The summed E-state index contributed by atoms with van der Waals surface area (Å²) in [5, 5.41) is 12.3. The molecule has 1 atom stereocenters. The molecule has 0 unspecified atom stereocenters. The van der Waals surface area contributed by atoms with E-state index in [0.717, 1.165) is 49.2 Å². The van der Waals surface area contributed by atoms with Gasteiger partial charge in [-0.05, 0) is 99.0 Å². The first-order valence-corrected chi connectivity index (χ1v) is 14.7. The normalized spacial score (nSPS) is 11.7. The van der Waals surface area contributed by atoms with Gasteiger partial charge in [-0.15, -0.1) is 0 Å². The molecular weight excluding hydrogens is 475 g/mol. The Morgan fingerprint density at radius 1 is 1.00 bits per heavy atom. The smallest absolute Gasteiger partial charge is 1.00 e. The van der Waals surface area contributed by atoms with E-state index in [0.29, 0.717) is 17.7 Å². The third-order valence-electron chi connectivity index (χ3n) is 6.57. The zero-order chi connectivity index (χ0) is 26.3. The van der Waals surface area contributed by atoms with Gasteiger partial charge in [0.2, 0.25) is 0 Å². The summed E-state index contributed by atoms with van der Waals surface area (Å²) in [7, 11) is 0. The van der Waals surface area contributed by atoms with Crippen LogP contribution in [0.1, 0.15) is 75.3 Å². The number of carbonyl (C=O) groups excluding carboxylic acids is 1. The van der Waals surface area contributed by atoms with Gasteiger partial charge in [0.05, 0.1) is 0 Å². The van der Waals surface area contributed by atoms with Crippen molar-refractivity contribution in [1.82, 2.24) is 10.2 Å². The Morgan fingerprint density at radius 2 is 1.65 bits per heavy atom. The molecule has 2 aromatic rings. The van der Waals surface area contributed by atoms with E-state index in [4.69, 9.17) is 0 Å². The van der Waals surface area contributed by atoms with Crippen LogP contribution < -0.4 is 24.2 Å². The van der Waals surface area contributed by atoms with Crippen LogP contribution in [0.15, 0.2) is 42.5 Å². The summed E-state index contributed by atoms with van der Waals surface area (Å²) in [6, 6.07) is 13.2. The van der Waals surface area contributed by atoms with Gasteiger partial charge in [0.25, 0.3) is 5.91 Å². The van der Waals surface area contributed by atoms with Gasteiger partial charge in [-0.25, -0.2) is 4.79 Å². The van der Waals surface area contributed by atoms with E-state index < -0.39 is 12.0 Å². The second-order valence-corrected chi connectivity index (χ2v) is 10.5. The number of carboxylic acid groups (broad SMARTS) is 1. The second-order valence-electron chi connectivity index (χ2n) is 9.49. The average Bonchev–Trinajstić information content (AvgIpc) is 2.87. The number of hydrogen-bond donors (Lipinski definition) is 2. The third-order valence-corrected chi connectivity index (χ3v) is 7.22. The molecule has 0 aliphatic rings. The van der Waals surface area contributed by atoms with Crippen molar-refractivity contribution < 1.29 is 35.0 Å². The minimum atomic E-state index is -0.998. The Hall–Kier alpha value is -1.71. The van der Waals surface area contributed by atoms with Crippen LogP contribution in [0.3, 0.4) is 0 Å². The zero-order valence-electron chi connectivity index (χ0n) is 24.5. The number of hydrogen-bond acceptors (Lipinski definition) is 4. The summed E-state index contributed by atoms with van der Waals surface area (Å²) in [4.78, 5) is 27.5. The van der Waals surface area contributed by atoms with Gasteiger partial charge in [0, 0.05) is 5.56 Å². The second kappa shape index (κ2) is 18.5. The number of nitrogens with one attached hydrogen (secondary N) is 1. The van der Waals surface area contributed by atoms with E-state index in [2.05, 4.69) is 30.1 Å². The first kappa shape index (κ1) is 33.3. The van der Waals surface area contributed by atoms with Gasteiger partial charge in [-0.1, -0.05) is 63.1 Å². The van der Waals surface area contributed by atoms with E-state index in [1.54, 1.807) is 11.8 Å². The van der Waals surface area contributed by atoms with E-state index in [1.165, 1.54) is 31.2 Å². The van der Waals surface area contributed by atoms with Crippen LogP contribution in [-0.4, -0.2) is 59.6 Å². The molecule has 0 heterocycles. The Kier molecular flexibility index (Phi) is 16.7. The number of carbonyl (C=O) groups is 2. The summed E-state index contributed by atoms with van der Waals surface area (Å²) in [5.74, 6) is -0.658. The molecule has 200 valence electrons. The molecule has 0 aliphatic heterocycles. The molecule has 5 nitrogen and oxygen atoms in total. The molecule has 7 heteroatoms. The number of aryl methyl sites for hydroxylation is 2. The van der Waals surface area contributed by atoms with Gasteiger partial charge in [0.1, 0.15) is 6.04 Å². The van der Waals surface area contributed by atoms with Crippen LogP contribution in [0.25, 0.3) is 11.1 Å². The van der Waals surface area contributed by atoms with Crippen molar-refractivity contribution in [1.29, 1.82) is 0 Å². The molecule has 0 saturated heterocycles. The molecule has 0 spiro atoms. The first-order valence-electron chi connectivity index (χ1n) is 13.3. The maximum atomic E-state index is 13.3. The maximum Gasteiger partial charge on any atom is 1.00 e. The summed E-state index contributed by atoms with van der Waals surface area (Å²) < 4.78 is 0. The minimum absolute atomic E-state index is 0. The standard InChI is InChI=1S/C30H44N2O3S.Li.H/c1-5-7-18-32(19-8-6-2)20-11-13-24-15-16-26(27(22-24)25-14-10-9-12-23(25)3)29(33)31-28(30(34)35)17-21-36-4;;/h9-10,12,14-16,22,28H,5-8,11,13,17-21H2,1-4H3,(H,31,33)(H,34,35);;/q;+1;-1/t28-;;/m0../s1. The molecule has 0 aliphatic carbocycles. The Balaban J connectivity index is 0.00000684. The molecule has 0 saturated carbocycles. The van der Waals surface area contributed by atoms with Crippen LogP contribution in [0, 0.1) is 6.92 Å². The van der Waals surface area contributed by atoms with E-state index in [-0.39, 0.29) is 26.2 Å². The fourth-order valence-corrected chi connectivity index (χ4v) is 4.85. The molecule has 2 N–H and O–H groups in total. The molecule has 0 fully saturated rings. The van der Waals surface area contributed by atoms with E-state index in [1.807, 2.05) is 49.6 Å². The Morgan fingerprint density at radius 3 is 2.24 bits per heavy atom. The fourth-order valence-electron chi connectivity index (χ4n) is 4.38. The monoisotopic (exact) mass is 520 g/mol. The minimum Gasteiger partial charge on any atom is -1.00 e. The van der Waals surface area contributed by atoms with Crippen molar-refractivity contribution >= 4 is 23.6 Å². The van der Waals surface area contributed by atoms with Crippen molar-refractivity contribution in [3.05, 3.63) is 59.2 Å².